The predicted molar refractivity (Wildman–Crippen MR) is 87.5 cm³/mol. The minimum Gasteiger partial charge on any atom is -0.334 e. The molecule has 2 aromatic carbocycles. The average Bonchev–Trinajstić information content (AvgIpc) is 3.36. The number of para-hydroxylation sites is 1. The average molecular weight is 324 g/mol. The second kappa shape index (κ2) is 6.03. The summed E-state index contributed by atoms with van der Waals surface area (Å²) in [4.78, 5) is 14.6. The van der Waals surface area contributed by atoms with E-state index in [1.165, 1.54) is 12.1 Å². The molecule has 122 valence electrons. The van der Waals surface area contributed by atoms with Gasteiger partial charge < -0.3 is 4.90 Å². The van der Waals surface area contributed by atoms with Gasteiger partial charge in [-0.15, -0.1) is 5.10 Å². The molecule has 6 heteroatoms. The second-order valence-corrected chi connectivity index (χ2v) is 6.12. The Morgan fingerprint density at radius 1 is 1.17 bits per heavy atom. The van der Waals surface area contributed by atoms with Crippen LogP contribution in [0.4, 0.5) is 4.39 Å². The van der Waals surface area contributed by atoms with Crippen LogP contribution >= 0.6 is 0 Å². The van der Waals surface area contributed by atoms with Crippen LogP contribution in [-0.2, 0) is 17.9 Å². The van der Waals surface area contributed by atoms with Gasteiger partial charge in [-0.2, -0.15) is 0 Å². The maximum atomic E-state index is 13.1. The van der Waals surface area contributed by atoms with Crippen molar-refractivity contribution in [2.24, 2.45) is 0 Å². The molecule has 1 aliphatic rings. The quantitative estimate of drug-likeness (QED) is 0.725. The van der Waals surface area contributed by atoms with Crippen LogP contribution in [0.5, 0.6) is 0 Å². The fourth-order valence-corrected chi connectivity index (χ4v) is 2.85. The van der Waals surface area contributed by atoms with E-state index in [-0.39, 0.29) is 24.3 Å². The van der Waals surface area contributed by atoms with E-state index in [0.717, 1.165) is 29.4 Å². The van der Waals surface area contributed by atoms with Gasteiger partial charge in [0.2, 0.25) is 5.91 Å². The molecule has 0 unspecified atom stereocenters. The van der Waals surface area contributed by atoms with Gasteiger partial charge in [0.1, 0.15) is 17.9 Å². The fraction of sp³-hybridized carbons (Fsp3) is 0.278. The molecule has 1 heterocycles. The molecule has 1 saturated carbocycles. The number of carbonyl (C=O) groups is 1. The van der Waals surface area contributed by atoms with Crippen molar-refractivity contribution in [3.05, 3.63) is 59.9 Å². The zero-order chi connectivity index (χ0) is 16.5. The van der Waals surface area contributed by atoms with Crippen molar-refractivity contribution in [1.82, 2.24) is 19.9 Å². The van der Waals surface area contributed by atoms with Crippen molar-refractivity contribution in [2.75, 3.05) is 0 Å². The van der Waals surface area contributed by atoms with Crippen molar-refractivity contribution in [3.63, 3.8) is 0 Å². The Morgan fingerprint density at radius 2 is 1.92 bits per heavy atom. The molecule has 1 aliphatic carbocycles. The maximum absolute atomic E-state index is 13.1. The number of amides is 1. The lowest BCUT2D eigenvalue weighted by atomic mass is 10.2. The predicted octanol–water partition coefficient (Wildman–Crippen LogP) is 2.76. The summed E-state index contributed by atoms with van der Waals surface area (Å²) in [5.41, 5.74) is 2.56. The number of hydrogen-bond donors (Lipinski definition) is 0. The fourth-order valence-electron chi connectivity index (χ4n) is 2.85. The van der Waals surface area contributed by atoms with E-state index in [0.29, 0.717) is 6.54 Å². The summed E-state index contributed by atoms with van der Waals surface area (Å²) in [6.45, 7) is 0.661. The zero-order valence-electron chi connectivity index (χ0n) is 13.1. The van der Waals surface area contributed by atoms with Crippen LogP contribution in [0.1, 0.15) is 18.4 Å². The number of fused-ring (bicyclic) bond motifs is 1. The Labute approximate surface area is 138 Å². The van der Waals surface area contributed by atoms with Gasteiger partial charge in [-0.1, -0.05) is 29.5 Å². The normalized spacial score (nSPS) is 14.0. The Morgan fingerprint density at radius 3 is 2.67 bits per heavy atom. The first-order valence-electron chi connectivity index (χ1n) is 8.03. The largest absolute Gasteiger partial charge is 0.334 e. The maximum Gasteiger partial charge on any atom is 0.244 e. The van der Waals surface area contributed by atoms with Crippen molar-refractivity contribution in [3.8, 4) is 0 Å². The van der Waals surface area contributed by atoms with Crippen LogP contribution in [0.15, 0.2) is 48.5 Å². The molecule has 0 saturated heterocycles. The Balaban J connectivity index is 1.53. The molecule has 24 heavy (non-hydrogen) atoms. The topological polar surface area (TPSA) is 51.0 Å². The van der Waals surface area contributed by atoms with Gasteiger partial charge in [0.15, 0.2) is 0 Å². The summed E-state index contributed by atoms with van der Waals surface area (Å²) in [6, 6.07) is 14.2. The zero-order valence-corrected chi connectivity index (χ0v) is 13.1. The number of hydrogen-bond acceptors (Lipinski definition) is 3. The van der Waals surface area contributed by atoms with Crippen molar-refractivity contribution < 1.29 is 9.18 Å². The SMILES string of the molecule is O=C(Cn1nnc2ccccc21)N(Cc1ccc(F)cc1)C1CC1. The Hall–Kier alpha value is -2.76. The number of rotatable bonds is 5. The van der Waals surface area contributed by atoms with E-state index in [2.05, 4.69) is 10.3 Å². The summed E-state index contributed by atoms with van der Waals surface area (Å²) in [7, 11) is 0. The molecule has 1 fully saturated rings. The number of carbonyl (C=O) groups excluding carboxylic acids is 1. The highest BCUT2D eigenvalue weighted by Gasteiger charge is 2.32. The molecular formula is C18H17FN4O. The summed E-state index contributed by atoms with van der Waals surface area (Å²) in [5.74, 6) is -0.255. The highest BCUT2D eigenvalue weighted by molar-refractivity contribution is 5.80. The molecule has 0 bridgehead atoms. The van der Waals surface area contributed by atoms with Crippen LogP contribution in [0.3, 0.4) is 0 Å². The van der Waals surface area contributed by atoms with E-state index in [9.17, 15) is 9.18 Å². The van der Waals surface area contributed by atoms with Crippen LogP contribution in [-0.4, -0.2) is 31.8 Å². The monoisotopic (exact) mass is 324 g/mol. The van der Waals surface area contributed by atoms with Crippen molar-refractivity contribution in [2.45, 2.75) is 32.0 Å². The van der Waals surface area contributed by atoms with Crippen LogP contribution < -0.4 is 0 Å². The summed E-state index contributed by atoms with van der Waals surface area (Å²) in [5, 5.41) is 8.17. The molecule has 0 radical (unpaired) electrons. The molecule has 0 aliphatic heterocycles. The van der Waals surface area contributed by atoms with E-state index < -0.39 is 0 Å². The molecule has 0 spiro atoms. The third kappa shape index (κ3) is 2.99. The first kappa shape index (κ1) is 14.8. The summed E-state index contributed by atoms with van der Waals surface area (Å²) >= 11 is 0. The van der Waals surface area contributed by atoms with Gasteiger partial charge in [0.05, 0.1) is 5.52 Å². The number of benzene rings is 2. The molecule has 3 aromatic rings. The van der Waals surface area contributed by atoms with Crippen LogP contribution in [0.2, 0.25) is 0 Å². The first-order chi connectivity index (χ1) is 11.7. The smallest absolute Gasteiger partial charge is 0.244 e. The van der Waals surface area contributed by atoms with E-state index in [1.807, 2.05) is 29.2 Å². The minimum atomic E-state index is -0.267. The molecule has 0 N–H and O–H groups in total. The Kier molecular flexibility index (Phi) is 3.72. The molecular weight excluding hydrogens is 307 g/mol. The third-order valence-electron chi connectivity index (χ3n) is 4.28. The van der Waals surface area contributed by atoms with Crippen LogP contribution in [0, 0.1) is 5.82 Å². The van der Waals surface area contributed by atoms with E-state index in [4.69, 9.17) is 0 Å². The molecule has 1 aromatic heterocycles. The van der Waals surface area contributed by atoms with E-state index in [1.54, 1.807) is 16.8 Å². The summed E-state index contributed by atoms with van der Waals surface area (Å²) < 4.78 is 14.7. The molecule has 4 rings (SSSR count). The van der Waals surface area contributed by atoms with Crippen LogP contribution in [0.25, 0.3) is 11.0 Å². The molecule has 1 amide bonds. The molecule has 5 nitrogen and oxygen atoms in total. The van der Waals surface area contributed by atoms with E-state index >= 15 is 0 Å². The molecule has 0 atom stereocenters. The second-order valence-electron chi connectivity index (χ2n) is 6.12. The van der Waals surface area contributed by atoms with Crippen molar-refractivity contribution in [1.29, 1.82) is 0 Å². The van der Waals surface area contributed by atoms with Crippen molar-refractivity contribution >= 4 is 16.9 Å². The standard InChI is InChI=1S/C18H17FN4O/c19-14-7-5-13(6-8-14)11-22(15-9-10-15)18(24)12-23-17-4-2-1-3-16(17)20-21-23/h1-8,15H,9-12H2. The lowest BCUT2D eigenvalue weighted by molar-refractivity contribution is -0.133. The Bertz CT molecular complexity index is 870. The lowest BCUT2D eigenvalue weighted by Crippen LogP contribution is -2.35. The summed E-state index contributed by atoms with van der Waals surface area (Å²) in [6.07, 6.45) is 2.04. The first-order valence-corrected chi connectivity index (χ1v) is 8.03. The highest BCUT2D eigenvalue weighted by atomic mass is 19.1. The van der Waals surface area contributed by atoms with Gasteiger partial charge in [-0.3, -0.25) is 4.79 Å². The number of nitrogens with zero attached hydrogens (tertiary/aromatic N) is 4. The van der Waals surface area contributed by atoms with Gasteiger partial charge in [0, 0.05) is 12.6 Å². The van der Waals surface area contributed by atoms with Gasteiger partial charge in [-0.25, -0.2) is 9.07 Å². The highest BCUT2D eigenvalue weighted by Crippen LogP contribution is 2.29. The van der Waals surface area contributed by atoms with Gasteiger partial charge in [-0.05, 0) is 42.7 Å². The number of halogens is 1. The number of aromatic nitrogens is 3. The van der Waals surface area contributed by atoms with Gasteiger partial charge in [0.25, 0.3) is 0 Å². The van der Waals surface area contributed by atoms with Gasteiger partial charge >= 0.3 is 0 Å². The third-order valence-corrected chi connectivity index (χ3v) is 4.28. The lowest BCUT2D eigenvalue weighted by Gasteiger charge is -2.22. The minimum absolute atomic E-state index is 0.0116.